The van der Waals surface area contributed by atoms with E-state index in [2.05, 4.69) is 21.0 Å². The first-order valence-corrected chi connectivity index (χ1v) is 8.98. The summed E-state index contributed by atoms with van der Waals surface area (Å²) >= 11 is 3.49. The Bertz CT molecular complexity index is 809. The molecule has 0 radical (unpaired) electrons. The lowest BCUT2D eigenvalue weighted by atomic mass is 10.1. The van der Waals surface area contributed by atoms with E-state index in [-0.39, 0.29) is 5.78 Å². The summed E-state index contributed by atoms with van der Waals surface area (Å²) in [5, 5.41) is 4.40. The van der Waals surface area contributed by atoms with Crippen molar-refractivity contribution < 1.29 is 14.3 Å². The third-order valence-corrected chi connectivity index (χ3v) is 4.48. The highest BCUT2D eigenvalue weighted by atomic mass is 79.9. The molecule has 0 saturated heterocycles. The van der Waals surface area contributed by atoms with Gasteiger partial charge in [-0.05, 0) is 67.4 Å². The molecule has 134 valence electrons. The zero-order chi connectivity index (χ0) is 18.6. The number of benzene rings is 1. The zero-order valence-corrected chi connectivity index (χ0v) is 16.8. The van der Waals surface area contributed by atoms with Crippen LogP contribution in [0, 0.1) is 13.8 Å². The number of nitrogens with zero attached hydrogens (tertiary/aromatic N) is 2. The number of hydrogen-bond acceptors (Lipinski definition) is 4. The smallest absolute Gasteiger partial charge is 0.189 e. The first-order valence-electron chi connectivity index (χ1n) is 8.19. The number of carbonyl (C=O) groups excluding carboxylic acids is 1. The Morgan fingerprint density at radius 3 is 2.60 bits per heavy atom. The van der Waals surface area contributed by atoms with Crippen molar-refractivity contribution in [3.63, 3.8) is 0 Å². The molecule has 0 aliphatic carbocycles. The van der Waals surface area contributed by atoms with Crippen LogP contribution in [0.1, 0.15) is 41.2 Å². The van der Waals surface area contributed by atoms with Crippen LogP contribution in [0.15, 0.2) is 22.7 Å². The lowest BCUT2D eigenvalue weighted by Gasteiger charge is -2.12. The Labute approximate surface area is 156 Å². The van der Waals surface area contributed by atoms with Crippen LogP contribution >= 0.6 is 15.9 Å². The highest BCUT2D eigenvalue weighted by molar-refractivity contribution is 9.10. The number of carbonyl (C=O) groups is 1. The van der Waals surface area contributed by atoms with E-state index in [1.54, 1.807) is 19.3 Å². The molecule has 6 heteroatoms. The van der Waals surface area contributed by atoms with Gasteiger partial charge in [-0.25, -0.2) is 0 Å². The van der Waals surface area contributed by atoms with Crippen LogP contribution in [-0.2, 0) is 6.54 Å². The van der Waals surface area contributed by atoms with Gasteiger partial charge in [-0.3, -0.25) is 9.48 Å². The molecule has 1 aromatic carbocycles. The van der Waals surface area contributed by atoms with Crippen molar-refractivity contribution in [1.29, 1.82) is 0 Å². The van der Waals surface area contributed by atoms with Gasteiger partial charge in [0, 0.05) is 12.2 Å². The van der Waals surface area contributed by atoms with E-state index in [1.807, 2.05) is 44.5 Å². The molecule has 1 aromatic heterocycles. The number of aryl methyl sites for hydroxylation is 2. The predicted octanol–water partition coefficient (Wildman–Crippen LogP) is 4.59. The average molecular weight is 407 g/mol. The number of hydrogen-bond donors (Lipinski definition) is 0. The van der Waals surface area contributed by atoms with Crippen molar-refractivity contribution in [2.24, 2.45) is 0 Å². The molecule has 0 fully saturated rings. The number of allylic oxidation sites excluding steroid dienone is 1. The number of rotatable bonds is 7. The van der Waals surface area contributed by atoms with E-state index in [1.165, 1.54) is 0 Å². The SMILES string of the molecule is CCOc1c(Br)cc(/C=C/C(=O)c2c(C)nn(CC)c2C)cc1OC. The Kier molecular flexibility index (Phi) is 6.42. The van der Waals surface area contributed by atoms with Crippen molar-refractivity contribution in [2.45, 2.75) is 34.2 Å². The molecule has 2 aromatic rings. The highest BCUT2D eigenvalue weighted by Gasteiger charge is 2.16. The third kappa shape index (κ3) is 4.12. The predicted molar refractivity (Wildman–Crippen MR) is 103 cm³/mol. The number of methoxy groups -OCH3 is 1. The minimum atomic E-state index is -0.0568. The largest absolute Gasteiger partial charge is 0.493 e. The second-order valence-electron chi connectivity index (χ2n) is 5.53. The quantitative estimate of drug-likeness (QED) is 0.498. The summed E-state index contributed by atoms with van der Waals surface area (Å²) in [6.07, 6.45) is 3.34. The van der Waals surface area contributed by atoms with Crippen LogP contribution in [0.2, 0.25) is 0 Å². The molecule has 2 rings (SSSR count). The molecule has 0 unspecified atom stereocenters. The summed E-state index contributed by atoms with van der Waals surface area (Å²) in [7, 11) is 1.59. The van der Waals surface area contributed by atoms with Crippen molar-refractivity contribution in [3.8, 4) is 11.5 Å². The molecule has 1 heterocycles. The molecule has 0 saturated carbocycles. The molecule has 0 atom stereocenters. The van der Waals surface area contributed by atoms with Gasteiger partial charge in [-0.2, -0.15) is 5.10 Å². The van der Waals surface area contributed by atoms with Gasteiger partial charge in [-0.15, -0.1) is 0 Å². The normalized spacial score (nSPS) is 11.1. The molecule has 0 amide bonds. The van der Waals surface area contributed by atoms with E-state index < -0.39 is 0 Å². The fraction of sp³-hybridized carbons (Fsp3) is 0.368. The van der Waals surface area contributed by atoms with Crippen molar-refractivity contribution in [2.75, 3.05) is 13.7 Å². The van der Waals surface area contributed by atoms with Gasteiger partial charge >= 0.3 is 0 Å². The van der Waals surface area contributed by atoms with Crippen molar-refractivity contribution >= 4 is 27.8 Å². The van der Waals surface area contributed by atoms with Crippen molar-refractivity contribution in [1.82, 2.24) is 9.78 Å². The van der Waals surface area contributed by atoms with E-state index in [4.69, 9.17) is 9.47 Å². The van der Waals surface area contributed by atoms with Gasteiger partial charge in [0.1, 0.15) is 0 Å². The second kappa shape index (κ2) is 8.34. The van der Waals surface area contributed by atoms with Crippen LogP contribution in [-0.4, -0.2) is 29.3 Å². The maximum Gasteiger partial charge on any atom is 0.189 e. The number of ether oxygens (including phenoxy) is 2. The molecule has 0 N–H and O–H groups in total. The van der Waals surface area contributed by atoms with Crippen LogP contribution in [0.3, 0.4) is 0 Å². The number of halogens is 1. The Balaban J connectivity index is 2.32. The fourth-order valence-electron chi connectivity index (χ4n) is 2.74. The maximum absolute atomic E-state index is 12.6. The average Bonchev–Trinajstić information content (AvgIpc) is 2.88. The van der Waals surface area contributed by atoms with Crippen LogP contribution in [0.4, 0.5) is 0 Å². The number of aromatic nitrogens is 2. The van der Waals surface area contributed by atoms with Crippen LogP contribution in [0.5, 0.6) is 11.5 Å². The fourth-order valence-corrected chi connectivity index (χ4v) is 3.31. The minimum Gasteiger partial charge on any atom is -0.493 e. The molecule has 0 aliphatic heterocycles. The van der Waals surface area contributed by atoms with Gasteiger partial charge in [0.15, 0.2) is 17.3 Å². The molecule has 0 aliphatic rings. The topological polar surface area (TPSA) is 53.3 Å². The summed E-state index contributed by atoms with van der Waals surface area (Å²) in [4.78, 5) is 12.6. The van der Waals surface area contributed by atoms with Crippen LogP contribution in [0.25, 0.3) is 6.08 Å². The van der Waals surface area contributed by atoms with Gasteiger partial charge in [0.2, 0.25) is 0 Å². The summed E-state index contributed by atoms with van der Waals surface area (Å²) in [6.45, 7) is 8.99. The monoisotopic (exact) mass is 406 g/mol. The lowest BCUT2D eigenvalue weighted by Crippen LogP contribution is -2.02. The molecular weight excluding hydrogens is 384 g/mol. The molecule has 0 spiro atoms. The van der Waals surface area contributed by atoms with E-state index >= 15 is 0 Å². The first-order chi connectivity index (χ1) is 11.9. The summed E-state index contributed by atoms with van der Waals surface area (Å²) in [5.74, 6) is 1.22. The molecular formula is C19H23BrN2O3. The van der Waals surface area contributed by atoms with E-state index in [9.17, 15) is 4.79 Å². The molecule has 25 heavy (non-hydrogen) atoms. The summed E-state index contributed by atoms with van der Waals surface area (Å²) in [6, 6.07) is 3.74. The number of ketones is 1. The molecule has 0 bridgehead atoms. The van der Waals surface area contributed by atoms with Gasteiger partial charge in [0.25, 0.3) is 0 Å². The lowest BCUT2D eigenvalue weighted by molar-refractivity contribution is 0.104. The van der Waals surface area contributed by atoms with Gasteiger partial charge in [-0.1, -0.05) is 6.08 Å². The maximum atomic E-state index is 12.6. The minimum absolute atomic E-state index is 0.0568. The third-order valence-electron chi connectivity index (χ3n) is 3.90. The zero-order valence-electron chi connectivity index (χ0n) is 15.2. The summed E-state index contributed by atoms with van der Waals surface area (Å²) in [5.41, 5.74) is 3.15. The Morgan fingerprint density at radius 2 is 2.04 bits per heavy atom. The van der Waals surface area contributed by atoms with Crippen molar-refractivity contribution in [3.05, 3.63) is 45.2 Å². The van der Waals surface area contributed by atoms with Gasteiger partial charge < -0.3 is 9.47 Å². The Hall–Kier alpha value is -2.08. The van der Waals surface area contributed by atoms with E-state index in [0.29, 0.717) is 23.7 Å². The molecule has 5 nitrogen and oxygen atoms in total. The highest BCUT2D eigenvalue weighted by Crippen LogP contribution is 2.37. The van der Waals surface area contributed by atoms with Crippen LogP contribution < -0.4 is 9.47 Å². The Morgan fingerprint density at radius 1 is 1.32 bits per heavy atom. The standard InChI is InChI=1S/C19H23BrN2O3/c1-6-22-13(4)18(12(3)21-22)16(23)9-8-14-10-15(20)19(25-7-2)17(11-14)24-5/h8-11H,6-7H2,1-5H3/b9-8+. The van der Waals surface area contributed by atoms with Gasteiger partial charge in [0.05, 0.1) is 29.4 Å². The second-order valence-corrected chi connectivity index (χ2v) is 6.38. The van der Waals surface area contributed by atoms with E-state index in [0.717, 1.165) is 28.0 Å². The summed E-state index contributed by atoms with van der Waals surface area (Å²) < 4.78 is 13.6. The first kappa shape index (κ1) is 19.2.